The minimum Gasteiger partial charge on any atom is -0.338 e. The van der Waals surface area contributed by atoms with Crippen molar-refractivity contribution in [2.24, 2.45) is 0 Å². The molecule has 0 unspecified atom stereocenters. The summed E-state index contributed by atoms with van der Waals surface area (Å²) >= 11 is 3.47. The first-order chi connectivity index (χ1) is 10.3. The lowest BCUT2D eigenvalue weighted by Gasteiger charge is -1.98. The van der Waals surface area contributed by atoms with Crippen molar-refractivity contribution in [3.05, 3.63) is 65.4 Å². The Labute approximate surface area is 129 Å². The molecule has 0 fully saturated rings. The highest BCUT2D eigenvalue weighted by Crippen LogP contribution is 2.23. The third kappa shape index (κ3) is 2.25. The summed E-state index contributed by atoms with van der Waals surface area (Å²) in [6, 6.07) is 16.0. The molecule has 0 spiro atoms. The maximum atomic E-state index is 4.60. The molecule has 0 saturated carbocycles. The smallest absolute Gasteiger partial charge is 0.141 e. The summed E-state index contributed by atoms with van der Waals surface area (Å²) < 4.78 is 2.88. The van der Waals surface area contributed by atoms with Crippen LogP contribution in [0.2, 0.25) is 0 Å². The van der Waals surface area contributed by atoms with Crippen LogP contribution < -0.4 is 0 Å². The fraction of sp³-hybridized carbons (Fsp3) is 0. The Kier molecular flexibility index (Phi) is 2.86. The third-order valence-corrected chi connectivity index (χ3v) is 3.81. The summed E-state index contributed by atoms with van der Waals surface area (Å²) in [6.07, 6.45) is 3.79. The van der Waals surface area contributed by atoms with Gasteiger partial charge in [0.2, 0.25) is 0 Å². The Morgan fingerprint density at radius 3 is 2.76 bits per heavy atom. The van der Waals surface area contributed by atoms with Gasteiger partial charge in [-0.1, -0.05) is 34.1 Å². The zero-order chi connectivity index (χ0) is 14.2. The van der Waals surface area contributed by atoms with Crippen LogP contribution in [-0.4, -0.2) is 19.7 Å². The van der Waals surface area contributed by atoms with Crippen LogP contribution in [0.1, 0.15) is 0 Å². The summed E-state index contributed by atoms with van der Waals surface area (Å²) in [6.45, 7) is 0. The lowest BCUT2D eigenvalue weighted by Crippen LogP contribution is -1.92. The highest BCUT2D eigenvalue weighted by molar-refractivity contribution is 9.10. The van der Waals surface area contributed by atoms with E-state index in [4.69, 9.17) is 0 Å². The fourth-order valence-corrected chi connectivity index (χ4v) is 2.65. The van der Waals surface area contributed by atoms with Gasteiger partial charge in [0, 0.05) is 10.7 Å². The predicted molar refractivity (Wildman–Crippen MR) is 86.4 cm³/mol. The number of imidazole rings is 1. The molecule has 0 aliphatic carbocycles. The van der Waals surface area contributed by atoms with E-state index in [9.17, 15) is 0 Å². The Morgan fingerprint density at radius 1 is 1.05 bits per heavy atom. The van der Waals surface area contributed by atoms with Gasteiger partial charge in [0.15, 0.2) is 0 Å². The standard InChI is InChI=1S/C16H11BrN4/c17-12-6-7-14-15(8-12)20-16(19-14)11-9-18-21(10-11)13-4-2-1-3-5-13/h1-10H,(H,19,20). The summed E-state index contributed by atoms with van der Waals surface area (Å²) in [5, 5.41) is 4.40. The number of para-hydroxylation sites is 1. The second-order valence-electron chi connectivity index (χ2n) is 4.76. The van der Waals surface area contributed by atoms with Crippen LogP contribution in [0.4, 0.5) is 0 Å². The van der Waals surface area contributed by atoms with Crippen molar-refractivity contribution in [2.75, 3.05) is 0 Å². The van der Waals surface area contributed by atoms with E-state index in [-0.39, 0.29) is 0 Å². The van der Waals surface area contributed by atoms with E-state index in [1.54, 1.807) is 0 Å². The monoisotopic (exact) mass is 338 g/mol. The Balaban J connectivity index is 1.77. The van der Waals surface area contributed by atoms with Gasteiger partial charge in [-0.05, 0) is 30.3 Å². The van der Waals surface area contributed by atoms with Gasteiger partial charge in [-0.25, -0.2) is 9.67 Å². The van der Waals surface area contributed by atoms with Crippen molar-refractivity contribution in [3.63, 3.8) is 0 Å². The normalized spacial score (nSPS) is 11.1. The van der Waals surface area contributed by atoms with E-state index >= 15 is 0 Å². The van der Waals surface area contributed by atoms with Gasteiger partial charge < -0.3 is 4.98 Å². The zero-order valence-corrected chi connectivity index (χ0v) is 12.6. The molecular weight excluding hydrogens is 328 g/mol. The second-order valence-corrected chi connectivity index (χ2v) is 5.67. The Hall–Kier alpha value is -2.40. The molecule has 2 aromatic carbocycles. The molecular formula is C16H11BrN4. The molecule has 0 aliphatic rings. The number of aromatic amines is 1. The largest absolute Gasteiger partial charge is 0.338 e. The molecule has 0 bridgehead atoms. The molecule has 102 valence electrons. The van der Waals surface area contributed by atoms with E-state index < -0.39 is 0 Å². The van der Waals surface area contributed by atoms with E-state index in [0.717, 1.165) is 32.6 Å². The number of hydrogen-bond donors (Lipinski definition) is 1. The molecule has 4 nitrogen and oxygen atoms in total. The van der Waals surface area contributed by atoms with E-state index in [1.807, 2.05) is 65.6 Å². The van der Waals surface area contributed by atoms with E-state index in [0.29, 0.717) is 0 Å². The predicted octanol–water partition coefficient (Wildman–Crippen LogP) is 4.18. The topological polar surface area (TPSA) is 46.5 Å². The minimum atomic E-state index is 0.824. The van der Waals surface area contributed by atoms with E-state index in [1.165, 1.54) is 0 Å². The number of halogens is 1. The summed E-state index contributed by atoms with van der Waals surface area (Å²) in [5.74, 6) is 0.824. The summed E-state index contributed by atoms with van der Waals surface area (Å²) in [5.41, 5.74) is 3.95. The third-order valence-electron chi connectivity index (χ3n) is 3.32. The van der Waals surface area contributed by atoms with Crippen molar-refractivity contribution in [2.45, 2.75) is 0 Å². The van der Waals surface area contributed by atoms with Crippen molar-refractivity contribution in [3.8, 4) is 17.1 Å². The summed E-state index contributed by atoms with van der Waals surface area (Å²) in [7, 11) is 0. The quantitative estimate of drug-likeness (QED) is 0.596. The van der Waals surface area contributed by atoms with Gasteiger partial charge >= 0.3 is 0 Å². The maximum absolute atomic E-state index is 4.60. The molecule has 4 aromatic rings. The van der Waals surface area contributed by atoms with Gasteiger partial charge in [0.05, 0.1) is 28.5 Å². The average molecular weight is 339 g/mol. The number of hydrogen-bond acceptors (Lipinski definition) is 2. The van der Waals surface area contributed by atoms with Crippen LogP contribution in [0.25, 0.3) is 28.1 Å². The number of rotatable bonds is 2. The Bertz CT molecular complexity index is 908. The number of nitrogens with one attached hydrogen (secondary N) is 1. The molecule has 0 aliphatic heterocycles. The first-order valence-electron chi connectivity index (χ1n) is 6.55. The van der Waals surface area contributed by atoms with Gasteiger partial charge in [-0.2, -0.15) is 5.10 Å². The highest BCUT2D eigenvalue weighted by Gasteiger charge is 2.08. The molecule has 4 rings (SSSR count). The number of H-pyrrole nitrogens is 1. The van der Waals surface area contributed by atoms with Crippen LogP contribution in [0.3, 0.4) is 0 Å². The van der Waals surface area contributed by atoms with Crippen molar-refractivity contribution >= 4 is 27.0 Å². The first-order valence-corrected chi connectivity index (χ1v) is 7.35. The van der Waals surface area contributed by atoms with Gasteiger partial charge in [0.1, 0.15) is 5.82 Å². The van der Waals surface area contributed by atoms with Crippen molar-refractivity contribution in [1.29, 1.82) is 0 Å². The van der Waals surface area contributed by atoms with Gasteiger partial charge in [0.25, 0.3) is 0 Å². The van der Waals surface area contributed by atoms with Crippen molar-refractivity contribution < 1.29 is 0 Å². The van der Waals surface area contributed by atoms with Crippen LogP contribution in [0.5, 0.6) is 0 Å². The summed E-state index contributed by atoms with van der Waals surface area (Å²) in [4.78, 5) is 7.92. The lowest BCUT2D eigenvalue weighted by molar-refractivity contribution is 0.880. The maximum Gasteiger partial charge on any atom is 0.141 e. The molecule has 0 radical (unpaired) electrons. The molecule has 0 saturated heterocycles. The number of fused-ring (bicyclic) bond motifs is 1. The van der Waals surface area contributed by atoms with Crippen LogP contribution >= 0.6 is 15.9 Å². The fourth-order valence-electron chi connectivity index (χ4n) is 2.29. The van der Waals surface area contributed by atoms with Gasteiger partial charge in [-0.3, -0.25) is 0 Å². The van der Waals surface area contributed by atoms with Crippen LogP contribution in [-0.2, 0) is 0 Å². The van der Waals surface area contributed by atoms with Crippen LogP contribution in [0, 0.1) is 0 Å². The molecule has 0 amide bonds. The highest BCUT2D eigenvalue weighted by atomic mass is 79.9. The number of nitrogens with zero attached hydrogens (tertiary/aromatic N) is 3. The lowest BCUT2D eigenvalue weighted by atomic mass is 10.3. The van der Waals surface area contributed by atoms with Gasteiger partial charge in [-0.15, -0.1) is 0 Å². The first kappa shape index (κ1) is 12.3. The second kappa shape index (κ2) is 4.86. The molecule has 5 heteroatoms. The average Bonchev–Trinajstić information content (AvgIpc) is 3.14. The molecule has 1 N–H and O–H groups in total. The zero-order valence-electron chi connectivity index (χ0n) is 11.0. The van der Waals surface area contributed by atoms with Crippen molar-refractivity contribution in [1.82, 2.24) is 19.7 Å². The Morgan fingerprint density at radius 2 is 1.90 bits per heavy atom. The number of aromatic nitrogens is 4. The SMILES string of the molecule is Brc1ccc2nc(-c3cnn(-c4ccccc4)c3)[nH]c2c1. The van der Waals surface area contributed by atoms with Crippen LogP contribution in [0.15, 0.2) is 65.4 Å². The molecule has 21 heavy (non-hydrogen) atoms. The number of benzene rings is 2. The molecule has 0 atom stereocenters. The van der Waals surface area contributed by atoms with E-state index in [2.05, 4.69) is 31.0 Å². The molecule has 2 heterocycles. The molecule has 2 aromatic heterocycles. The minimum absolute atomic E-state index is 0.824.